The van der Waals surface area contributed by atoms with E-state index in [2.05, 4.69) is 4.98 Å². The van der Waals surface area contributed by atoms with Crippen molar-refractivity contribution < 1.29 is 9.53 Å². The van der Waals surface area contributed by atoms with Gasteiger partial charge >= 0.3 is 0 Å². The van der Waals surface area contributed by atoms with Crippen molar-refractivity contribution in [3.8, 4) is 17.0 Å². The minimum absolute atomic E-state index is 0.141. The van der Waals surface area contributed by atoms with Crippen molar-refractivity contribution in [2.24, 2.45) is 0 Å². The van der Waals surface area contributed by atoms with Gasteiger partial charge < -0.3 is 4.74 Å². The van der Waals surface area contributed by atoms with Crippen LogP contribution in [-0.2, 0) is 11.2 Å². The maximum Gasteiger partial charge on any atom is 0.136 e. The number of benzene rings is 1. The number of ketones is 1. The van der Waals surface area contributed by atoms with Gasteiger partial charge in [0.2, 0.25) is 0 Å². The average molecular weight is 261 g/mol. The number of carbonyl (C=O) groups is 1. The predicted octanol–water partition coefficient (Wildman–Crippen LogP) is 3.34. The zero-order valence-corrected chi connectivity index (χ0v) is 11.3. The highest BCUT2D eigenvalue weighted by molar-refractivity contribution is 7.10. The topological polar surface area (TPSA) is 39.2 Å². The van der Waals surface area contributed by atoms with Crippen molar-refractivity contribution in [1.29, 1.82) is 0 Å². The first-order chi connectivity index (χ1) is 8.69. The van der Waals surface area contributed by atoms with Crippen LogP contribution < -0.4 is 4.74 Å². The minimum atomic E-state index is 0.141. The third-order valence-electron chi connectivity index (χ3n) is 2.41. The molecule has 94 valence electrons. The molecule has 0 saturated carbocycles. The third-order valence-corrected chi connectivity index (χ3v) is 3.26. The number of nitrogens with zero attached hydrogens (tertiary/aromatic N) is 1. The standard InChI is InChI=1S/C14H15NO2S/c1-3-17-12-6-4-11(5-7-12)13-9-18-14(15-13)8-10(2)16/h4-7,9H,3,8H2,1-2H3. The molecule has 0 saturated heterocycles. The van der Waals surface area contributed by atoms with Crippen LogP contribution in [0.3, 0.4) is 0 Å². The molecule has 0 radical (unpaired) electrons. The maximum atomic E-state index is 11.0. The highest BCUT2D eigenvalue weighted by Gasteiger charge is 2.06. The summed E-state index contributed by atoms with van der Waals surface area (Å²) >= 11 is 1.52. The van der Waals surface area contributed by atoms with Crippen molar-refractivity contribution in [3.05, 3.63) is 34.7 Å². The zero-order valence-electron chi connectivity index (χ0n) is 10.5. The molecule has 0 amide bonds. The third kappa shape index (κ3) is 3.17. The predicted molar refractivity (Wildman–Crippen MR) is 73.1 cm³/mol. The highest BCUT2D eigenvalue weighted by Crippen LogP contribution is 2.24. The molecule has 2 rings (SSSR count). The van der Waals surface area contributed by atoms with Crippen molar-refractivity contribution >= 4 is 17.1 Å². The first kappa shape index (κ1) is 12.8. The fourth-order valence-electron chi connectivity index (χ4n) is 1.63. The lowest BCUT2D eigenvalue weighted by molar-refractivity contribution is -0.116. The van der Waals surface area contributed by atoms with E-state index >= 15 is 0 Å². The van der Waals surface area contributed by atoms with Gasteiger partial charge in [-0.1, -0.05) is 0 Å². The van der Waals surface area contributed by atoms with E-state index in [1.165, 1.54) is 11.3 Å². The normalized spacial score (nSPS) is 10.3. The van der Waals surface area contributed by atoms with Crippen LogP contribution in [0.1, 0.15) is 18.9 Å². The van der Waals surface area contributed by atoms with Crippen molar-refractivity contribution in [2.45, 2.75) is 20.3 Å². The SMILES string of the molecule is CCOc1ccc(-c2csc(CC(C)=O)n2)cc1. The zero-order chi connectivity index (χ0) is 13.0. The van der Waals surface area contributed by atoms with E-state index in [0.717, 1.165) is 22.0 Å². The van der Waals surface area contributed by atoms with Crippen LogP contribution in [0.25, 0.3) is 11.3 Å². The Balaban J connectivity index is 2.15. The lowest BCUT2D eigenvalue weighted by Gasteiger charge is -2.03. The molecule has 3 nitrogen and oxygen atoms in total. The van der Waals surface area contributed by atoms with Gasteiger partial charge in [0.1, 0.15) is 16.5 Å². The molecule has 0 spiro atoms. The number of hydrogen-bond acceptors (Lipinski definition) is 4. The Hall–Kier alpha value is -1.68. The fraction of sp³-hybridized carbons (Fsp3) is 0.286. The summed E-state index contributed by atoms with van der Waals surface area (Å²) in [6, 6.07) is 7.83. The molecule has 0 aliphatic rings. The molecule has 0 bridgehead atoms. The van der Waals surface area contributed by atoms with Crippen LogP contribution in [-0.4, -0.2) is 17.4 Å². The van der Waals surface area contributed by atoms with Crippen LogP contribution in [0.2, 0.25) is 0 Å². The number of aromatic nitrogens is 1. The molecule has 0 aliphatic heterocycles. The van der Waals surface area contributed by atoms with Gasteiger partial charge in [-0.15, -0.1) is 11.3 Å². The second-order valence-corrected chi connectivity index (χ2v) is 4.91. The Morgan fingerprint density at radius 2 is 2.06 bits per heavy atom. The average Bonchev–Trinajstić information content (AvgIpc) is 2.78. The van der Waals surface area contributed by atoms with E-state index in [9.17, 15) is 4.79 Å². The first-order valence-electron chi connectivity index (χ1n) is 5.86. The van der Waals surface area contributed by atoms with Crippen LogP contribution in [0.5, 0.6) is 5.75 Å². The Kier molecular flexibility index (Phi) is 4.10. The highest BCUT2D eigenvalue weighted by atomic mass is 32.1. The number of ether oxygens (including phenoxy) is 1. The summed E-state index contributed by atoms with van der Waals surface area (Å²) in [6.07, 6.45) is 0.418. The van der Waals surface area contributed by atoms with E-state index in [0.29, 0.717) is 13.0 Å². The quantitative estimate of drug-likeness (QED) is 0.828. The minimum Gasteiger partial charge on any atom is -0.494 e. The molecule has 0 atom stereocenters. The van der Waals surface area contributed by atoms with Gasteiger partial charge in [0.15, 0.2) is 0 Å². The maximum absolute atomic E-state index is 11.0. The lowest BCUT2D eigenvalue weighted by atomic mass is 10.2. The van der Waals surface area contributed by atoms with E-state index in [1.54, 1.807) is 6.92 Å². The van der Waals surface area contributed by atoms with Gasteiger partial charge in [-0.3, -0.25) is 4.79 Å². The number of carbonyl (C=O) groups excluding carboxylic acids is 1. The Morgan fingerprint density at radius 1 is 1.33 bits per heavy atom. The Morgan fingerprint density at radius 3 is 2.67 bits per heavy atom. The molecule has 1 heterocycles. The van der Waals surface area contributed by atoms with Crippen LogP contribution in [0, 0.1) is 0 Å². The van der Waals surface area contributed by atoms with Gasteiger partial charge in [0.25, 0.3) is 0 Å². The molecule has 1 aromatic carbocycles. The fourth-order valence-corrected chi connectivity index (χ4v) is 2.50. The number of Topliss-reactive ketones (excluding diaryl/α,β-unsaturated/α-hetero) is 1. The largest absolute Gasteiger partial charge is 0.494 e. The number of rotatable bonds is 5. The number of hydrogen-bond donors (Lipinski definition) is 0. The summed E-state index contributed by atoms with van der Waals surface area (Å²) in [5.41, 5.74) is 1.96. The summed E-state index contributed by atoms with van der Waals surface area (Å²) in [5, 5.41) is 2.85. The molecule has 0 aliphatic carbocycles. The monoisotopic (exact) mass is 261 g/mol. The van der Waals surface area contributed by atoms with E-state index in [1.807, 2.05) is 36.6 Å². The molecule has 2 aromatic rings. The van der Waals surface area contributed by atoms with Crippen molar-refractivity contribution in [3.63, 3.8) is 0 Å². The van der Waals surface area contributed by atoms with Gasteiger partial charge in [0.05, 0.1) is 18.7 Å². The van der Waals surface area contributed by atoms with Crippen molar-refractivity contribution in [2.75, 3.05) is 6.61 Å². The van der Waals surface area contributed by atoms with Crippen LogP contribution >= 0.6 is 11.3 Å². The summed E-state index contributed by atoms with van der Waals surface area (Å²) < 4.78 is 5.39. The lowest BCUT2D eigenvalue weighted by Crippen LogP contribution is -1.95. The smallest absolute Gasteiger partial charge is 0.136 e. The molecule has 18 heavy (non-hydrogen) atoms. The number of thiazole rings is 1. The summed E-state index contributed by atoms with van der Waals surface area (Å²) in [6.45, 7) is 4.21. The first-order valence-corrected chi connectivity index (χ1v) is 6.74. The van der Waals surface area contributed by atoms with Crippen LogP contribution in [0.4, 0.5) is 0 Å². The van der Waals surface area contributed by atoms with Gasteiger partial charge in [-0.2, -0.15) is 0 Å². The summed E-state index contributed by atoms with van der Waals surface area (Å²) in [5.74, 6) is 1.00. The van der Waals surface area contributed by atoms with Crippen LogP contribution in [0.15, 0.2) is 29.6 Å². The van der Waals surface area contributed by atoms with Gasteiger partial charge in [-0.25, -0.2) is 4.98 Å². The molecular formula is C14H15NO2S. The van der Waals surface area contributed by atoms with E-state index < -0.39 is 0 Å². The summed E-state index contributed by atoms with van der Waals surface area (Å²) in [7, 11) is 0. The molecular weight excluding hydrogens is 246 g/mol. The molecule has 0 N–H and O–H groups in total. The molecule has 4 heteroatoms. The second kappa shape index (κ2) is 5.78. The second-order valence-electron chi connectivity index (χ2n) is 3.96. The van der Waals surface area contributed by atoms with E-state index in [-0.39, 0.29) is 5.78 Å². The van der Waals surface area contributed by atoms with Gasteiger partial charge in [-0.05, 0) is 38.1 Å². The Labute approximate surface area is 110 Å². The molecule has 1 aromatic heterocycles. The molecule has 0 unspecified atom stereocenters. The summed E-state index contributed by atoms with van der Waals surface area (Å²) in [4.78, 5) is 15.5. The van der Waals surface area contributed by atoms with E-state index in [4.69, 9.17) is 4.74 Å². The molecule has 0 fully saturated rings. The Bertz CT molecular complexity index is 531. The van der Waals surface area contributed by atoms with Crippen molar-refractivity contribution in [1.82, 2.24) is 4.98 Å². The van der Waals surface area contributed by atoms with Gasteiger partial charge in [0, 0.05) is 10.9 Å².